The highest BCUT2D eigenvalue weighted by Gasteiger charge is 2.23. The van der Waals surface area contributed by atoms with Crippen molar-refractivity contribution < 1.29 is 14.7 Å². The number of hydrogen-bond donors (Lipinski definition) is 3. The van der Waals surface area contributed by atoms with E-state index in [1.165, 1.54) is 5.56 Å². The number of carboxylic acids is 1. The SMILES string of the molecule is CC[C@H](C)[C@H](NCC(=O)NCCCc1ccccc1)C(=O)O. The van der Waals surface area contributed by atoms with E-state index in [0.717, 1.165) is 19.3 Å². The fourth-order valence-corrected chi connectivity index (χ4v) is 2.20. The number of rotatable bonds is 10. The molecular weight excluding hydrogens is 280 g/mol. The minimum absolute atomic E-state index is 0.0108. The molecule has 122 valence electrons. The van der Waals surface area contributed by atoms with Gasteiger partial charge in [0.15, 0.2) is 0 Å². The first-order chi connectivity index (χ1) is 10.5. The molecule has 1 aromatic carbocycles. The van der Waals surface area contributed by atoms with Gasteiger partial charge in [-0.05, 0) is 24.3 Å². The molecule has 0 aliphatic heterocycles. The van der Waals surface area contributed by atoms with Gasteiger partial charge in [0.25, 0.3) is 0 Å². The fraction of sp³-hybridized carbons (Fsp3) is 0.529. The van der Waals surface area contributed by atoms with Crippen molar-refractivity contribution in [3.8, 4) is 0 Å². The molecule has 1 amide bonds. The van der Waals surface area contributed by atoms with Crippen LogP contribution in [-0.4, -0.2) is 36.1 Å². The number of carbonyl (C=O) groups excluding carboxylic acids is 1. The zero-order valence-corrected chi connectivity index (χ0v) is 13.3. The normalized spacial score (nSPS) is 13.4. The third kappa shape index (κ3) is 6.72. The van der Waals surface area contributed by atoms with Crippen molar-refractivity contribution in [3.05, 3.63) is 35.9 Å². The van der Waals surface area contributed by atoms with E-state index < -0.39 is 12.0 Å². The Hall–Kier alpha value is -1.88. The topological polar surface area (TPSA) is 78.4 Å². The van der Waals surface area contributed by atoms with E-state index in [0.29, 0.717) is 6.54 Å². The highest BCUT2D eigenvalue weighted by atomic mass is 16.4. The van der Waals surface area contributed by atoms with Gasteiger partial charge in [-0.3, -0.25) is 14.9 Å². The van der Waals surface area contributed by atoms with E-state index >= 15 is 0 Å². The summed E-state index contributed by atoms with van der Waals surface area (Å²) in [6.07, 6.45) is 2.53. The number of hydrogen-bond acceptors (Lipinski definition) is 3. The molecule has 0 fully saturated rings. The predicted molar refractivity (Wildman–Crippen MR) is 86.7 cm³/mol. The van der Waals surface area contributed by atoms with E-state index in [4.69, 9.17) is 5.11 Å². The molecule has 1 rings (SSSR count). The summed E-state index contributed by atoms with van der Waals surface area (Å²) in [5.41, 5.74) is 1.25. The molecule has 0 radical (unpaired) electrons. The van der Waals surface area contributed by atoms with Gasteiger partial charge < -0.3 is 10.4 Å². The smallest absolute Gasteiger partial charge is 0.320 e. The van der Waals surface area contributed by atoms with Crippen molar-refractivity contribution in [1.29, 1.82) is 0 Å². The van der Waals surface area contributed by atoms with Crippen LogP contribution in [0.5, 0.6) is 0 Å². The van der Waals surface area contributed by atoms with Gasteiger partial charge in [0, 0.05) is 6.54 Å². The maximum absolute atomic E-state index is 11.7. The molecule has 2 atom stereocenters. The molecule has 0 heterocycles. The van der Waals surface area contributed by atoms with Gasteiger partial charge in [-0.1, -0.05) is 50.6 Å². The van der Waals surface area contributed by atoms with Crippen molar-refractivity contribution in [2.75, 3.05) is 13.1 Å². The average molecular weight is 306 g/mol. The van der Waals surface area contributed by atoms with Crippen LogP contribution in [0.2, 0.25) is 0 Å². The second-order valence-electron chi connectivity index (χ2n) is 5.52. The molecule has 1 aromatic rings. The van der Waals surface area contributed by atoms with Crippen LogP contribution in [0, 0.1) is 5.92 Å². The molecule has 0 bridgehead atoms. The molecule has 3 N–H and O–H groups in total. The third-order valence-electron chi connectivity index (χ3n) is 3.77. The van der Waals surface area contributed by atoms with Crippen molar-refractivity contribution in [2.45, 2.75) is 39.2 Å². The minimum Gasteiger partial charge on any atom is -0.480 e. The highest BCUT2D eigenvalue weighted by molar-refractivity contribution is 5.79. The van der Waals surface area contributed by atoms with Crippen molar-refractivity contribution >= 4 is 11.9 Å². The predicted octanol–water partition coefficient (Wildman–Crippen LogP) is 1.82. The van der Waals surface area contributed by atoms with Crippen LogP contribution in [0.25, 0.3) is 0 Å². The molecule has 0 aliphatic carbocycles. The molecule has 0 spiro atoms. The van der Waals surface area contributed by atoms with Gasteiger partial charge in [-0.2, -0.15) is 0 Å². The summed E-state index contributed by atoms with van der Waals surface area (Å²) in [5.74, 6) is -1.09. The maximum Gasteiger partial charge on any atom is 0.320 e. The summed E-state index contributed by atoms with van der Waals surface area (Å²) in [6.45, 7) is 4.43. The number of aryl methyl sites for hydroxylation is 1. The molecule has 22 heavy (non-hydrogen) atoms. The summed E-state index contributed by atoms with van der Waals surface area (Å²) in [7, 11) is 0. The summed E-state index contributed by atoms with van der Waals surface area (Å²) >= 11 is 0. The lowest BCUT2D eigenvalue weighted by Gasteiger charge is -2.19. The van der Waals surface area contributed by atoms with E-state index in [9.17, 15) is 9.59 Å². The van der Waals surface area contributed by atoms with Crippen LogP contribution in [0.15, 0.2) is 30.3 Å². The molecule has 5 nitrogen and oxygen atoms in total. The van der Waals surface area contributed by atoms with Gasteiger partial charge in [-0.25, -0.2) is 0 Å². The van der Waals surface area contributed by atoms with Gasteiger partial charge in [0.2, 0.25) is 5.91 Å². The Labute approximate surface area is 132 Å². The number of carboxylic acid groups (broad SMARTS) is 1. The summed E-state index contributed by atoms with van der Waals surface area (Å²) in [5, 5.41) is 14.8. The molecule has 0 unspecified atom stereocenters. The van der Waals surface area contributed by atoms with Crippen LogP contribution in [0.4, 0.5) is 0 Å². The quantitative estimate of drug-likeness (QED) is 0.576. The maximum atomic E-state index is 11.7. The molecule has 0 saturated carbocycles. The van der Waals surface area contributed by atoms with E-state index in [2.05, 4.69) is 22.8 Å². The second kappa shape index (κ2) is 9.95. The van der Waals surface area contributed by atoms with Crippen LogP contribution >= 0.6 is 0 Å². The van der Waals surface area contributed by atoms with Crippen LogP contribution in [0.1, 0.15) is 32.3 Å². The van der Waals surface area contributed by atoms with E-state index in [1.54, 1.807) is 0 Å². The van der Waals surface area contributed by atoms with E-state index in [-0.39, 0.29) is 18.4 Å². The molecule has 0 saturated heterocycles. The van der Waals surface area contributed by atoms with Crippen LogP contribution in [0.3, 0.4) is 0 Å². The number of aliphatic carboxylic acids is 1. The summed E-state index contributed by atoms with van der Waals surface area (Å²) in [6, 6.07) is 9.42. The monoisotopic (exact) mass is 306 g/mol. The Kier molecular flexibility index (Phi) is 8.22. The number of carbonyl (C=O) groups is 2. The Bertz CT molecular complexity index is 462. The Morgan fingerprint density at radius 2 is 1.91 bits per heavy atom. The van der Waals surface area contributed by atoms with Gasteiger partial charge in [0.05, 0.1) is 6.54 Å². The zero-order valence-electron chi connectivity index (χ0n) is 13.3. The van der Waals surface area contributed by atoms with E-state index in [1.807, 2.05) is 32.0 Å². The number of amides is 1. The molecule has 0 aromatic heterocycles. The van der Waals surface area contributed by atoms with Crippen molar-refractivity contribution in [1.82, 2.24) is 10.6 Å². The lowest BCUT2D eigenvalue weighted by molar-refractivity contribution is -0.140. The lowest BCUT2D eigenvalue weighted by atomic mass is 9.99. The standard InChI is InChI=1S/C17H26N2O3/c1-3-13(2)16(17(21)22)19-12-15(20)18-11-7-10-14-8-5-4-6-9-14/h4-6,8-9,13,16,19H,3,7,10-12H2,1-2H3,(H,18,20)(H,21,22)/t13-,16-/m0/s1. The highest BCUT2D eigenvalue weighted by Crippen LogP contribution is 2.07. The number of nitrogens with one attached hydrogen (secondary N) is 2. The van der Waals surface area contributed by atoms with Crippen LogP contribution in [-0.2, 0) is 16.0 Å². The Morgan fingerprint density at radius 1 is 1.23 bits per heavy atom. The first kappa shape index (κ1) is 18.2. The zero-order chi connectivity index (χ0) is 16.4. The van der Waals surface area contributed by atoms with Gasteiger partial charge >= 0.3 is 5.97 Å². The average Bonchev–Trinajstić information content (AvgIpc) is 2.52. The van der Waals surface area contributed by atoms with Crippen LogP contribution < -0.4 is 10.6 Å². The minimum atomic E-state index is -0.911. The summed E-state index contributed by atoms with van der Waals surface area (Å²) in [4.78, 5) is 22.9. The fourth-order valence-electron chi connectivity index (χ4n) is 2.20. The second-order valence-corrected chi connectivity index (χ2v) is 5.52. The van der Waals surface area contributed by atoms with Gasteiger partial charge in [-0.15, -0.1) is 0 Å². The molecule has 5 heteroatoms. The first-order valence-electron chi connectivity index (χ1n) is 7.81. The van der Waals surface area contributed by atoms with Crippen molar-refractivity contribution in [2.24, 2.45) is 5.92 Å². The Morgan fingerprint density at radius 3 is 2.50 bits per heavy atom. The largest absolute Gasteiger partial charge is 0.480 e. The number of benzene rings is 1. The summed E-state index contributed by atoms with van der Waals surface area (Å²) < 4.78 is 0. The first-order valence-corrected chi connectivity index (χ1v) is 7.81. The third-order valence-corrected chi connectivity index (χ3v) is 3.77. The van der Waals surface area contributed by atoms with Crippen molar-refractivity contribution in [3.63, 3.8) is 0 Å². The van der Waals surface area contributed by atoms with Gasteiger partial charge in [0.1, 0.15) is 6.04 Å². The molecule has 0 aliphatic rings. The molecular formula is C17H26N2O3. The lowest BCUT2D eigenvalue weighted by Crippen LogP contribution is -2.46. The Balaban J connectivity index is 2.21.